The second-order valence-electron chi connectivity index (χ2n) is 10.5. The van der Waals surface area contributed by atoms with Crippen LogP contribution in [0.3, 0.4) is 0 Å². The molecule has 1 N–H and O–H groups in total. The Morgan fingerprint density at radius 2 is 1.77 bits per heavy atom. The van der Waals surface area contributed by atoms with E-state index < -0.39 is 25.9 Å². The van der Waals surface area contributed by atoms with Gasteiger partial charge in [-0.2, -0.15) is 0 Å². The number of para-hydroxylation sites is 1. The van der Waals surface area contributed by atoms with Crippen molar-refractivity contribution in [2.75, 3.05) is 43.2 Å². The van der Waals surface area contributed by atoms with Gasteiger partial charge in [-0.1, -0.05) is 18.2 Å². The van der Waals surface area contributed by atoms with Crippen LogP contribution in [-0.4, -0.2) is 68.7 Å². The van der Waals surface area contributed by atoms with Gasteiger partial charge < -0.3 is 19.1 Å². The molecule has 0 spiro atoms. The smallest absolute Gasteiger partial charge is 0.410 e. The summed E-state index contributed by atoms with van der Waals surface area (Å²) >= 11 is 0. The Hall–Kier alpha value is -3.54. The third kappa shape index (κ3) is 5.16. The third-order valence-electron chi connectivity index (χ3n) is 7.76. The van der Waals surface area contributed by atoms with Crippen molar-refractivity contribution in [1.29, 1.82) is 0 Å². The second-order valence-corrected chi connectivity index (χ2v) is 13.0. The first-order valence-corrected chi connectivity index (χ1v) is 15.1. The largest absolute Gasteiger partial charge is 0.417 e. The number of nitrogens with zero attached hydrogens (tertiary/aromatic N) is 3. The van der Waals surface area contributed by atoms with Gasteiger partial charge in [-0.25, -0.2) is 23.2 Å². The zero-order valence-corrected chi connectivity index (χ0v) is 23.1. The summed E-state index contributed by atoms with van der Waals surface area (Å²) in [4.78, 5) is 24.2. The molecule has 1 unspecified atom stereocenters. The molecule has 3 aliphatic rings. The highest BCUT2D eigenvalue weighted by molar-refractivity contribution is 7.93. The van der Waals surface area contributed by atoms with Crippen LogP contribution in [0.1, 0.15) is 31.9 Å². The van der Waals surface area contributed by atoms with Gasteiger partial charge in [0.15, 0.2) is 15.7 Å². The fraction of sp³-hybridized carbons (Fsp3) is 0.414. The van der Waals surface area contributed by atoms with Crippen LogP contribution in [-0.2, 0) is 24.1 Å². The number of carbonyl (C=O) groups excluding carboxylic acids is 1. The molecule has 3 aromatic rings. The number of nitrogens with one attached hydrogen (secondary N) is 1. The van der Waals surface area contributed by atoms with E-state index in [0.29, 0.717) is 80.0 Å². The molecule has 2 saturated heterocycles. The third-order valence-corrected chi connectivity index (χ3v) is 10.7. The number of anilines is 2. The first-order chi connectivity index (χ1) is 19.4. The number of hydrogen-bond donors (Lipinski definition) is 1. The van der Waals surface area contributed by atoms with E-state index in [-0.39, 0.29) is 12.6 Å². The van der Waals surface area contributed by atoms with E-state index in [0.717, 1.165) is 0 Å². The fourth-order valence-electron chi connectivity index (χ4n) is 5.33. The number of aromatic nitrogens is 2. The predicted molar refractivity (Wildman–Crippen MR) is 150 cm³/mol. The van der Waals surface area contributed by atoms with Gasteiger partial charge in [0.2, 0.25) is 0 Å². The van der Waals surface area contributed by atoms with Gasteiger partial charge in [0.05, 0.1) is 36.8 Å². The Balaban J connectivity index is 1.31. The molecule has 3 heterocycles. The Bertz CT molecular complexity index is 1470. The SMILES string of the molecule is C[C@H]1COCCN1c1cc(C2(S(=O)(=O)C3CCOC3)CC2)nc(-c2ccc(NC(=O)Oc3ccccc3)cc2)n1. The van der Waals surface area contributed by atoms with Gasteiger partial charge in [-0.05, 0) is 62.6 Å². The second kappa shape index (κ2) is 10.8. The van der Waals surface area contributed by atoms with Crippen molar-refractivity contribution in [3.63, 3.8) is 0 Å². The van der Waals surface area contributed by atoms with Crippen molar-refractivity contribution >= 4 is 27.4 Å². The number of ether oxygens (including phenoxy) is 3. The van der Waals surface area contributed by atoms with Gasteiger partial charge in [0.25, 0.3) is 0 Å². The molecule has 3 fully saturated rings. The molecule has 11 heteroatoms. The quantitative estimate of drug-likeness (QED) is 0.451. The highest BCUT2D eigenvalue weighted by Gasteiger charge is 2.60. The topological polar surface area (TPSA) is 120 Å². The van der Waals surface area contributed by atoms with Gasteiger partial charge in [-0.3, -0.25) is 5.32 Å². The summed E-state index contributed by atoms with van der Waals surface area (Å²) < 4.78 is 42.9. The number of amides is 1. The minimum atomic E-state index is -3.51. The molecule has 6 rings (SSSR count). The lowest BCUT2D eigenvalue weighted by Gasteiger charge is -2.35. The number of sulfone groups is 1. The molecule has 0 radical (unpaired) electrons. The lowest BCUT2D eigenvalue weighted by atomic mass is 10.1. The van der Waals surface area contributed by atoms with Crippen molar-refractivity contribution in [3.8, 4) is 17.1 Å². The van der Waals surface area contributed by atoms with Gasteiger partial charge >= 0.3 is 6.09 Å². The molecule has 0 bridgehead atoms. The highest BCUT2D eigenvalue weighted by atomic mass is 32.2. The van der Waals surface area contributed by atoms with Crippen LogP contribution in [0.25, 0.3) is 11.4 Å². The maximum atomic E-state index is 13.8. The molecule has 1 aliphatic carbocycles. The van der Waals surface area contributed by atoms with E-state index in [1.54, 1.807) is 36.4 Å². The molecule has 2 aromatic carbocycles. The van der Waals surface area contributed by atoms with E-state index >= 15 is 0 Å². The normalized spacial score (nSPS) is 22.1. The van der Waals surface area contributed by atoms with E-state index in [9.17, 15) is 13.2 Å². The Morgan fingerprint density at radius 1 is 1.02 bits per heavy atom. The summed E-state index contributed by atoms with van der Waals surface area (Å²) in [5, 5.41) is 2.21. The molecular formula is C29H32N4O6S. The minimum Gasteiger partial charge on any atom is -0.410 e. The standard InChI is InChI=1S/C29H32N4O6S/c1-20-18-38-16-14-33(20)26-17-25(29(12-13-29)40(35,36)24-11-15-37-19-24)31-27(32-26)21-7-9-22(10-8-21)30-28(34)39-23-5-3-2-4-6-23/h2-10,17,20,24H,11-16,18-19H2,1H3,(H,30,34)/t20-,24?/m0/s1. The summed E-state index contributed by atoms with van der Waals surface area (Å²) in [5.74, 6) is 1.57. The number of rotatable bonds is 7. The number of benzene rings is 2. The molecule has 40 heavy (non-hydrogen) atoms. The van der Waals surface area contributed by atoms with Gasteiger partial charge in [-0.15, -0.1) is 0 Å². The zero-order chi connectivity index (χ0) is 27.7. The molecule has 1 amide bonds. The molecule has 10 nitrogen and oxygen atoms in total. The Kier molecular flexibility index (Phi) is 7.20. The minimum absolute atomic E-state index is 0.0848. The van der Waals surface area contributed by atoms with Crippen molar-refractivity contribution < 1.29 is 27.4 Å². The Labute approximate surface area is 233 Å². The summed E-state index contributed by atoms with van der Waals surface area (Å²) in [6, 6.07) is 17.9. The number of hydrogen-bond acceptors (Lipinski definition) is 9. The van der Waals surface area contributed by atoms with Crippen molar-refractivity contribution in [1.82, 2.24) is 9.97 Å². The first-order valence-electron chi connectivity index (χ1n) is 13.6. The average Bonchev–Trinajstić information content (AvgIpc) is 3.60. The summed E-state index contributed by atoms with van der Waals surface area (Å²) in [7, 11) is -3.51. The average molecular weight is 565 g/mol. The molecule has 2 atom stereocenters. The first kappa shape index (κ1) is 26.7. The van der Waals surface area contributed by atoms with E-state index in [2.05, 4.69) is 17.1 Å². The fourth-order valence-corrected chi connectivity index (χ4v) is 7.72. The van der Waals surface area contributed by atoms with Crippen molar-refractivity contribution in [2.45, 2.75) is 42.2 Å². The molecular weight excluding hydrogens is 532 g/mol. The van der Waals surface area contributed by atoms with Crippen molar-refractivity contribution in [3.05, 3.63) is 66.4 Å². The Morgan fingerprint density at radius 3 is 2.45 bits per heavy atom. The molecule has 210 valence electrons. The zero-order valence-electron chi connectivity index (χ0n) is 22.3. The molecule has 1 saturated carbocycles. The maximum absolute atomic E-state index is 13.8. The van der Waals surface area contributed by atoms with E-state index in [4.69, 9.17) is 24.2 Å². The van der Waals surface area contributed by atoms with E-state index in [1.165, 1.54) is 0 Å². The lowest BCUT2D eigenvalue weighted by molar-refractivity contribution is 0.0985. The highest BCUT2D eigenvalue weighted by Crippen LogP contribution is 2.55. The number of morpholine rings is 1. The van der Waals surface area contributed by atoms with Gasteiger partial charge in [0, 0.05) is 30.5 Å². The summed E-state index contributed by atoms with van der Waals surface area (Å²) in [6.07, 6.45) is 0.980. The molecule has 1 aromatic heterocycles. The van der Waals surface area contributed by atoms with Crippen LogP contribution in [0.2, 0.25) is 0 Å². The predicted octanol–water partition coefficient (Wildman–Crippen LogP) is 4.17. The number of carbonyl (C=O) groups is 1. The van der Waals surface area contributed by atoms with Crippen LogP contribution in [0.15, 0.2) is 60.7 Å². The monoisotopic (exact) mass is 564 g/mol. The van der Waals surface area contributed by atoms with Crippen LogP contribution in [0.5, 0.6) is 5.75 Å². The van der Waals surface area contributed by atoms with Crippen LogP contribution in [0, 0.1) is 0 Å². The van der Waals surface area contributed by atoms with E-state index in [1.807, 2.05) is 24.3 Å². The van der Waals surface area contributed by atoms with Crippen LogP contribution < -0.4 is 15.0 Å². The van der Waals surface area contributed by atoms with Crippen molar-refractivity contribution in [2.24, 2.45) is 0 Å². The summed E-state index contributed by atoms with van der Waals surface area (Å²) in [5.41, 5.74) is 1.79. The lowest BCUT2D eigenvalue weighted by Crippen LogP contribution is -2.44. The molecule has 2 aliphatic heterocycles. The van der Waals surface area contributed by atoms with Crippen LogP contribution >= 0.6 is 0 Å². The summed E-state index contributed by atoms with van der Waals surface area (Å²) in [6.45, 7) is 4.55. The maximum Gasteiger partial charge on any atom is 0.417 e. The van der Waals surface area contributed by atoms with Crippen LogP contribution in [0.4, 0.5) is 16.3 Å². The van der Waals surface area contributed by atoms with Gasteiger partial charge in [0.1, 0.15) is 16.3 Å².